The molecule has 0 aliphatic rings. The highest BCUT2D eigenvalue weighted by Gasteiger charge is 2.13. The molecule has 44 heavy (non-hydrogen) atoms. The topological polar surface area (TPSA) is 128 Å². The Morgan fingerprint density at radius 3 is 2.36 bits per heavy atom. The van der Waals surface area contributed by atoms with Crippen molar-refractivity contribution >= 4 is 39.9 Å². The zero-order valence-electron chi connectivity index (χ0n) is 25.0. The van der Waals surface area contributed by atoms with E-state index in [-0.39, 0.29) is 10.6 Å². The first-order valence-electron chi connectivity index (χ1n) is 13.4. The highest BCUT2D eigenvalue weighted by Crippen LogP contribution is 2.29. The Labute approximate surface area is 266 Å². The normalized spacial score (nSPS) is 10.6. The Morgan fingerprint density at radius 2 is 1.73 bits per heavy atom. The molecular formula is C33H34N4O5S2. The number of thioether (sulfide) groups is 2. The van der Waals surface area contributed by atoms with Crippen LogP contribution in [0.15, 0.2) is 88.7 Å². The van der Waals surface area contributed by atoms with Crippen molar-refractivity contribution in [1.82, 2.24) is 5.32 Å². The molecule has 0 radical (unpaired) electrons. The molecule has 3 rings (SSSR count). The molecule has 0 atom stereocenters. The number of hydrogen-bond donors (Lipinski definition) is 2. The molecule has 9 nitrogen and oxygen atoms in total. The number of rotatable bonds is 13. The molecule has 0 saturated carbocycles. The lowest BCUT2D eigenvalue weighted by molar-refractivity contribution is -0.116. The van der Waals surface area contributed by atoms with E-state index in [0.717, 1.165) is 40.0 Å². The van der Waals surface area contributed by atoms with Crippen LogP contribution in [0.2, 0.25) is 0 Å². The average Bonchev–Trinajstić information content (AvgIpc) is 3.03. The summed E-state index contributed by atoms with van der Waals surface area (Å²) in [5.74, 6) is 8.12. The SMILES string of the molecule is C=C(NC(=O)C(=C=Cc1ccc(OCCOc2c(C)cccc2C)c(OC)c1)C#N)S/C(=N\N)SCc1ccc(OC)cc1. The first kappa shape index (κ1) is 33.7. The Bertz CT molecular complexity index is 1590. The number of nitrogens with one attached hydrogen (secondary N) is 1. The van der Waals surface area contributed by atoms with Crippen LogP contribution in [0.3, 0.4) is 0 Å². The standard InChI is InChI=1S/C33H34N4O5S2/c1-22-7-6-8-23(2)31(22)42-18-17-41-29-16-12-25(19-30(29)40-5)9-13-27(20-34)32(38)36-24(3)44-33(37-35)43-21-26-10-14-28(39-4)15-11-26/h6-12,14-16,19H,3,17-18,21,35H2,1-2,4-5H3,(H,36,38)/b37-33-. The van der Waals surface area contributed by atoms with Crippen molar-refractivity contribution in [2.75, 3.05) is 27.4 Å². The molecule has 0 saturated heterocycles. The summed E-state index contributed by atoms with van der Waals surface area (Å²) in [7, 11) is 3.14. The second-order valence-corrected chi connectivity index (χ2v) is 11.4. The predicted octanol–water partition coefficient (Wildman–Crippen LogP) is 6.32. The lowest BCUT2D eigenvalue weighted by Gasteiger charge is -2.14. The van der Waals surface area contributed by atoms with Gasteiger partial charge in [0.25, 0.3) is 5.91 Å². The number of para-hydroxylation sites is 1. The van der Waals surface area contributed by atoms with Gasteiger partial charge in [0, 0.05) is 5.75 Å². The lowest BCUT2D eigenvalue weighted by atomic mass is 10.1. The van der Waals surface area contributed by atoms with Gasteiger partial charge >= 0.3 is 0 Å². The molecule has 228 valence electrons. The van der Waals surface area contributed by atoms with E-state index in [0.29, 0.717) is 40.4 Å². The number of amides is 1. The van der Waals surface area contributed by atoms with Crippen LogP contribution in [0, 0.1) is 25.2 Å². The van der Waals surface area contributed by atoms with Crippen LogP contribution in [0.4, 0.5) is 0 Å². The smallest absolute Gasteiger partial charge is 0.274 e. The number of hydrogen-bond acceptors (Lipinski definition) is 10. The maximum atomic E-state index is 12.7. The third-order valence-corrected chi connectivity index (χ3v) is 8.06. The molecule has 0 spiro atoms. The van der Waals surface area contributed by atoms with E-state index in [1.807, 2.05) is 62.4 Å². The molecule has 0 unspecified atom stereocenters. The number of ether oxygens (including phenoxy) is 4. The minimum absolute atomic E-state index is 0.230. The van der Waals surface area contributed by atoms with E-state index in [4.69, 9.17) is 24.8 Å². The number of methoxy groups -OCH3 is 2. The maximum Gasteiger partial charge on any atom is 0.274 e. The van der Waals surface area contributed by atoms with Crippen molar-refractivity contribution in [2.45, 2.75) is 19.6 Å². The minimum atomic E-state index is -0.659. The van der Waals surface area contributed by atoms with E-state index in [1.165, 1.54) is 24.9 Å². The van der Waals surface area contributed by atoms with Gasteiger partial charge in [0.1, 0.15) is 30.8 Å². The fraction of sp³-hybridized carbons (Fsp3) is 0.212. The second-order valence-electron chi connectivity index (χ2n) is 9.11. The number of nitrogens with two attached hydrogens (primary N) is 1. The predicted molar refractivity (Wildman–Crippen MR) is 178 cm³/mol. The van der Waals surface area contributed by atoms with Gasteiger partial charge in [-0.2, -0.15) is 10.4 Å². The Balaban J connectivity index is 1.55. The van der Waals surface area contributed by atoms with Gasteiger partial charge in [-0.3, -0.25) is 4.79 Å². The van der Waals surface area contributed by atoms with E-state index in [1.54, 1.807) is 25.3 Å². The summed E-state index contributed by atoms with van der Waals surface area (Å²) in [6.45, 7) is 8.53. The lowest BCUT2D eigenvalue weighted by Crippen LogP contribution is -2.22. The van der Waals surface area contributed by atoms with Gasteiger partial charge in [0.2, 0.25) is 0 Å². The molecule has 3 N–H and O–H groups in total. The van der Waals surface area contributed by atoms with E-state index >= 15 is 0 Å². The van der Waals surface area contributed by atoms with Gasteiger partial charge in [0.15, 0.2) is 21.4 Å². The first-order valence-corrected chi connectivity index (χ1v) is 15.2. The van der Waals surface area contributed by atoms with Gasteiger partial charge in [-0.1, -0.05) is 60.5 Å². The number of aryl methyl sites for hydroxylation is 2. The highest BCUT2D eigenvalue weighted by atomic mass is 32.2. The summed E-state index contributed by atoms with van der Waals surface area (Å²) in [6.07, 6.45) is 1.52. The van der Waals surface area contributed by atoms with Crippen LogP contribution in [-0.4, -0.2) is 37.7 Å². The third kappa shape index (κ3) is 10.2. The summed E-state index contributed by atoms with van der Waals surface area (Å²) in [4.78, 5) is 12.7. The van der Waals surface area contributed by atoms with Crippen LogP contribution >= 0.6 is 23.5 Å². The molecule has 0 aliphatic heterocycles. The summed E-state index contributed by atoms with van der Waals surface area (Å²) >= 11 is 2.48. The number of benzene rings is 3. The fourth-order valence-electron chi connectivity index (χ4n) is 3.80. The van der Waals surface area contributed by atoms with Crippen LogP contribution < -0.4 is 30.1 Å². The monoisotopic (exact) mass is 630 g/mol. The molecule has 3 aromatic rings. The molecule has 0 heterocycles. The van der Waals surface area contributed by atoms with E-state index in [9.17, 15) is 10.1 Å². The average molecular weight is 631 g/mol. The molecule has 1 amide bonds. The van der Waals surface area contributed by atoms with Crippen molar-refractivity contribution in [2.24, 2.45) is 10.9 Å². The van der Waals surface area contributed by atoms with Gasteiger partial charge in [0.05, 0.1) is 19.2 Å². The first-order chi connectivity index (χ1) is 21.3. The number of carbonyl (C=O) groups excluding carboxylic acids is 1. The van der Waals surface area contributed by atoms with Gasteiger partial charge in [-0.05, 0) is 78.2 Å². The molecule has 0 fully saturated rings. The largest absolute Gasteiger partial charge is 0.497 e. The second kappa shape index (κ2) is 17.4. The van der Waals surface area contributed by atoms with Gasteiger partial charge < -0.3 is 30.1 Å². The summed E-state index contributed by atoms with van der Waals surface area (Å²) < 4.78 is 22.9. The van der Waals surface area contributed by atoms with Gasteiger partial charge in [-0.15, -0.1) is 0 Å². The molecule has 0 bridgehead atoms. The van der Waals surface area contributed by atoms with Crippen molar-refractivity contribution in [3.05, 3.63) is 106 Å². The molecule has 11 heteroatoms. The molecule has 0 aliphatic carbocycles. The number of nitrogens with zero attached hydrogens (tertiary/aromatic N) is 2. The third-order valence-electron chi connectivity index (χ3n) is 6.00. The number of carbonyl (C=O) groups is 1. The number of nitriles is 1. The van der Waals surface area contributed by atoms with Crippen LogP contribution in [0.1, 0.15) is 22.3 Å². The van der Waals surface area contributed by atoms with Gasteiger partial charge in [-0.25, -0.2) is 0 Å². The highest BCUT2D eigenvalue weighted by molar-refractivity contribution is 8.40. The van der Waals surface area contributed by atoms with Crippen LogP contribution in [-0.2, 0) is 10.5 Å². The zero-order chi connectivity index (χ0) is 31.9. The number of hydrazone groups is 1. The quantitative estimate of drug-likeness (QED) is 0.0326. The van der Waals surface area contributed by atoms with Crippen molar-refractivity contribution in [3.8, 4) is 29.1 Å². The molecule has 0 aromatic heterocycles. The minimum Gasteiger partial charge on any atom is -0.497 e. The fourth-order valence-corrected chi connectivity index (χ4v) is 5.48. The van der Waals surface area contributed by atoms with E-state index < -0.39 is 5.91 Å². The van der Waals surface area contributed by atoms with Crippen molar-refractivity contribution in [3.63, 3.8) is 0 Å². The molecule has 3 aromatic carbocycles. The Kier molecular flexibility index (Phi) is 13.3. The van der Waals surface area contributed by atoms with Crippen molar-refractivity contribution in [1.29, 1.82) is 5.26 Å². The van der Waals surface area contributed by atoms with Crippen LogP contribution in [0.25, 0.3) is 6.08 Å². The molecular weight excluding hydrogens is 597 g/mol. The maximum absolute atomic E-state index is 12.7. The van der Waals surface area contributed by atoms with Crippen molar-refractivity contribution < 1.29 is 23.7 Å². The summed E-state index contributed by atoms with van der Waals surface area (Å²) in [5.41, 5.74) is 6.35. The summed E-state index contributed by atoms with van der Waals surface area (Å²) in [5, 5.41) is 16.2. The van der Waals surface area contributed by atoms with Crippen LogP contribution in [0.5, 0.6) is 23.0 Å². The Hall–Kier alpha value is -4.75. The Morgan fingerprint density at radius 1 is 1.02 bits per heavy atom. The summed E-state index contributed by atoms with van der Waals surface area (Å²) in [6, 6.07) is 20.7. The zero-order valence-corrected chi connectivity index (χ0v) is 26.6. The van der Waals surface area contributed by atoms with E-state index in [2.05, 4.69) is 22.7 Å².